The fourth-order valence-electron chi connectivity index (χ4n) is 2.95. The third kappa shape index (κ3) is 2.56. The van der Waals surface area contributed by atoms with Gasteiger partial charge in [0.05, 0.1) is 12.2 Å². The average molecular weight is 297 g/mol. The molecule has 1 atom stereocenters. The number of carbonyl (C=O) groups is 1. The van der Waals surface area contributed by atoms with Gasteiger partial charge in [0.25, 0.3) is 0 Å². The van der Waals surface area contributed by atoms with Crippen molar-refractivity contribution in [3.8, 4) is 5.82 Å². The van der Waals surface area contributed by atoms with Crippen molar-refractivity contribution in [2.24, 2.45) is 0 Å². The number of aromatic nitrogens is 3. The number of anilines is 1. The van der Waals surface area contributed by atoms with Crippen molar-refractivity contribution in [1.29, 1.82) is 0 Å². The van der Waals surface area contributed by atoms with Crippen molar-refractivity contribution in [3.63, 3.8) is 0 Å². The highest BCUT2D eigenvalue weighted by Crippen LogP contribution is 2.31. The van der Waals surface area contributed by atoms with Crippen LogP contribution in [-0.2, 0) is 4.79 Å². The van der Waals surface area contributed by atoms with E-state index in [1.807, 2.05) is 42.4 Å². The third-order valence-electron chi connectivity index (χ3n) is 4.18. The summed E-state index contributed by atoms with van der Waals surface area (Å²) >= 11 is 0. The van der Waals surface area contributed by atoms with Crippen molar-refractivity contribution in [3.05, 3.63) is 36.2 Å². The second kappa shape index (κ2) is 5.12. The maximum Gasteiger partial charge on any atom is 0.225 e. The van der Waals surface area contributed by atoms with Crippen molar-refractivity contribution >= 4 is 11.7 Å². The molecule has 4 rings (SSSR count). The number of pyridine rings is 1. The van der Waals surface area contributed by atoms with Crippen LogP contribution in [0.3, 0.4) is 0 Å². The van der Waals surface area contributed by atoms with E-state index in [0.29, 0.717) is 12.5 Å². The first-order valence-electron chi connectivity index (χ1n) is 7.74. The van der Waals surface area contributed by atoms with Crippen LogP contribution in [0.1, 0.15) is 24.8 Å². The van der Waals surface area contributed by atoms with Crippen molar-refractivity contribution < 1.29 is 4.79 Å². The summed E-state index contributed by atoms with van der Waals surface area (Å²) in [5, 5.41) is 7.66. The zero-order chi connectivity index (χ0) is 15.1. The van der Waals surface area contributed by atoms with Gasteiger partial charge in [-0.2, -0.15) is 5.10 Å². The molecule has 3 heterocycles. The number of amides is 1. The standard InChI is InChI=1S/C16H19N5O/c1-11-8-17-21(9-11)15-4-2-3-14(19-15)18-12-7-16(22)20(10-12)13-5-6-13/h2-4,8-9,12-13H,5-7,10H2,1H3,(H,18,19). The lowest BCUT2D eigenvalue weighted by Crippen LogP contribution is -2.29. The van der Waals surface area contributed by atoms with Crippen LogP contribution in [0.5, 0.6) is 0 Å². The zero-order valence-corrected chi connectivity index (χ0v) is 12.6. The molecule has 22 heavy (non-hydrogen) atoms. The van der Waals surface area contributed by atoms with E-state index in [-0.39, 0.29) is 11.9 Å². The predicted molar refractivity (Wildman–Crippen MR) is 82.9 cm³/mol. The smallest absolute Gasteiger partial charge is 0.225 e. The molecule has 0 bridgehead atoms. The summed E-state index contributed by atoms with van der Waals surface area (Å²) in [5.41, 5.74) is 1.10. The van der Waals surface area contributed by atoms with E-state index in [0.717, 1.165) is 36.6 Å². The molecule has 6 heteroatoms. The summed E-state index contributed by atoms with van der Waals surface area (Å²) in [7, 11) is 0. The maximum absolute atomic E-state index is 12.0. The molecule has 114 valence electrons. The van der Waals surface area contributed by atoms with Crippen LogP contribution in [-0.4, -0.2) is 44.2 Å². The first-order chi connectivity index (χ1) is 10.7. The molecule has 2 fully saturated rings. The van der Waals surface area contributed by atoms with E-state index in [1.54, 1.807) is 4.68 Å². The molecule has 2 aromatic rings. The number of hydrogen-bond acceptors (Lipinski definition) is 4. The highest BCUT2D eigenvalue weighted by Gasteiger charge is 2.39. The minimum absolute atomic E-state index is 0.148. The highest BCUT2D eigenvalue weighted by molar-refractivity contribution is 5.80. The molecule has 0 radical (unpaired) electrons. The van der Waals surface area contributed by atoms with E-state index in [9.17, 15) is 4.79 Å². The summed E-state index contributed by atoms with van der Waals surface area (Å²) in [4.78, 5) is 18.6. The molecule has 1 saturated heterocycles. The summed E-state index contributed by atoms with van der Waals surface area (Å²) < 4.78 is 1.76. The van der Waals surface area contributed by atoms with Crippen molar-refractivity contribution in [1.82, 2.24) is 19.7 Å². The molecule has 1 N–H and O–H groups in total. The van der Waals surface area contributed by atoms with Gasteiger partial charge in [-0.3, -0.25) is 4.79 Å². The van der Waals surface area contributed by atoms with Gasteiger partial charge in [0, 0.05) is 25.2 Å². The van der Waals surface area contributed by atoms with Gasteiger partial charge in [0.1, 0.15) is 5.82 Å². The van der Waals surface area contributed by atoms with Crippen LogP contribution >= 0.6 is 0 Å². The Morgan fingerprint density at radius 2 is 2.18 bits per heavy atom. The largest absolute Gasteiger partial charge is 0.365 e. The van der Waals surface area contributed by atoms with Gasteiger partial charge in [-0.05, 0) is 37.5 Å². The number of carbonyl (C=O) groups excluding carboxylic acids is 1. The average Bonchev–Trinajstić information content (AvgIpc) is 3.15. The molecule has 0 aromatic carbocycles. The van der Waals surface area contributed by atoms with Crippen LogP contribution < -0.4 is 5.32 Å². The van der Waals surface area contributed by atoms with Gasteiger partial charge in [0.2, 0.25) is 5.91 Å². The molecule has 6 nitrogen and oxygen atoms in total. The number of likely N-dealkylation sites (tertiary alicyclic amines) is 1. The van der Waals surface area contributed by atoms with Crippen LogP contribution in [0.4, 0.5) is 5.82 Å². The SMILES string of the molecule is Cc1cnn(-c2cccc(NC3CC(=O)N(C4CC4)C3)n2)c1. The lowest BCUT2D eigenvalue weighted by Gasteiger charge is -2.16. The fourth-order valence-corrected chi connectivity index (χ4v) is 2.95. The highest BCUT2D eigenvalue weighted by atomic mass is 16.2. The van der Waals surface area contributed by atoms with Crippen molar-refractivity contribution in [2.75, 3.05) is 11.9 Å². The first kappa shape index (κ1) is 13.3. The topological polar surface area (TPSA) is 63.1 Å². The molecule has 1 amide bonds. The molecule has 1 unspecified atom stereocenters. The number of nitrogens with one attached hydrogen (secondary N) is 1. The Morgan fingerprint density at radius 1 is 1.32 bits per heavy atom. The molecule has 0 spiro atoms. The molecule has 2 aromatic heterocycles. The fraction of sp³-hybridized carbons (Fsp3) is 0.438. The van der Waals surface area contributed by atoms with Gasteiger partial charge >= 0.3 is 0 Å². The first-order valence-corrected chi connectivity index (χ1v) is 7.74. The van der Waals surface area contributed by atoms with Crippen LogP contribution in [0, 0.1) is 6.92 Å². The van der Waals surface area contributed by atoms with Crippen LogP contribution in [0.2, 0.25) is 0 Å². The summed E-state index contributed by atoms with van der Waals surface area (Å²) in [6.07, 6.45) is 6.63. The minimum atomic E-state index is 0.148. The lowest BCUT2D eigenvalue weighted by atomic mass is 10.2. The number of hydrogen-bond donors (Lipinski definition) is 1. The quantitative estimate of drug-likeness (QED) is 0.934. The Bertz CT molecular complexity index is 706. The van der Waals surface area contributed by atoms with Crippen LogP contribution in [0.25, 0.3) is 5.82 Å². The number of nitrogens with zero attached hydrogens (tertiary/aromatic N) is 4. The predicted octanol–water partition coefficient (Wildman–Crippen LogP) is 1.75. The Balaban J connectivity index is 1.48. The Hall–Kier alpha value is -2.37. The van der Waals surface area contributed by atoms with Gasteiger partial charge in [-0.15, -0.1) is 0 Å². The molecular formula is C16H19N5O. The molecule has 2 aliphatic rings. The number of rotatable bonds is 4. The van der Waals surface area contributed by atoms with Crippen molar-refractivity contribution in [2.45, 2.75) is 38.3 Å². The molecule has 1 saturated carbocycles. The lowest BCUT2D eigenvalue weighted by molar-refractivity contribution is -0.128. The molecule has 1 aliphatic heterocycles. The maximum atomic E-state index is 12.0. The molecular weight excluding hydrogens is 278 g/mol. The van der Waals surface area contributed by atoms with Gasteiger partial charge in [-0.25, -0.2) is 9.67 Å². The Labute approximate surface area is 129 Å². The van der Waals surface area contributed by atoms with Gasteiger partial charge < -0.3 is 10.2 Å². The second-order valence-corrected chi connectivity index (χ2v) is 6.17. The number of aryl methyl sites for hydroxylation is 1. The van der Waals surface area contributed by atoms with E-state index in [1.165, 1.54) is 0 Å². The van der Waals surface area contributed by atoms with E-state index < -0.39 is 0 Å². The summed E-state index contributed by atoms with van der Waals surface area (Å²) in [6.45, 7) is 2.79. The van der Waals surface area contributed by atoms with E-state index in [4.69, 9.17) is 0 Å². The molecule has 1 aliphatic carbocycles. The van der Waals surface area contributed by atoms with Gasteiger partial charge in [-0.1, -0.05) is 6.07 Å². The second-order valence-electron chi connectivity index (χ2n) is 6.17. The van der Waals surface area contributed by atoms with E-state index in [2.05, 4.69) is 15.4 Å². The van der Waals surface area contributed by atoms with E-state index >= 15 is 0 Å². The third-order valence-corrected chi connectivity index (χ3v) is 4.18. The zero-order valence-electron chi connectivity index (χ0n) is 12.6. The Kier molecular flexibility index (Phi) is 3.10. The summed E-state index contributed by atoms with van der Waals surface area (Å²) in [6, 6.07) is 6.45. The van der Waals surface area contributed by atoms with Gasteiger partial charge in [0.15, 0.2) is 5.82 Å². The summed E-state index contributed by atoms with van der Waals surface area (Å²) in [5.74, 6) is 1.83. The Morgan fingerprint density at radius 3 is 2.91 bits per heavy atom. The normalized spacial score (nSPS) is 21.4. The minimum Gasteiger partial charge on any atom is -0.365 e. The monoisotopic (exact) mass is 297 g/mol. The van der Waals surface area contributed by atoms with Crippen LogP contribution in [0.15, 0.2) is 30.6 Å².